The summed E-state index contributed by atoms with van der Waals surface area (Å²) in [7, 11) is 1.73. The van der Waals surface area contributed by atoms with Crippen LogP contribution in [0.2, 0.25) is 0 Å². The van der Waals surface area contributed by atoms with Crippen LogP contribution in [0.4, 0.5) is 0 Å². The Kier molecular flexibility index (Phi) is 6.40. The summed E-state index contributed by atoms with van der Waals surface area (Å²) < 4.78 is 4.98. The maximum Gasteiger partial charge on any atom is 0.130 e. The van der Waals surface area contributed by atoms with Gasteiger partial charge < -0.3 is 10.1 Å². The molecule has 1 aliphatic rings. The maximum absolute atomic E-state index is 4.98. The summed E-state index contributed by atoms with van der Waals surface area (Å²) in [6.07, 6.45) is 4.76. The average molecular weight is 287 g/mol. The van der Waals surface area contributed by atoms with Crippen LogP contribution in [0.25, 0.3) is 0 Å². The van der Waals surface area contributed by atoms with Gasteiger partial charge in [0.05, 0.1) is 11.9 Å². The van der Waals surface area contributed by atoms with E-state index < -0.39 is 0 Å². The Bertz CT molecular complexity index is 340. The van der Waals surface area contributed by atoms with Crippen molar-refractivity contribution in [3.63, 3.8) is 0 Å². The molecule has 18 heavy (non-hydrogen) atoms. The molecule has 1 N–H and O–H groups in total. The maximum atomic E-state index is 4.98. The molecule has 1 fully saturated rings. The van der Waals surface area contributed by atoms with Crippen molar-refractivity contribution in [2.45, 2.75) is 30.9 Å². The molecule has 1 aromatic heterocycles. The van der Waals surface area contributed by atoms with Gasteiger partial charge in [0.1, 0.15) is 10.0 Å². The lowest BCUT2D eigenvalue weighted by Crippen LogP contribution is -2.20. The van der Waals surface area contributed by atoms with E-state index in [2.05, 4.69) is 15.5 Å². The highest BCUT2D eigenvalue weighted by atomic mass is 32.2. The van der Waals surface area contributed by atoms with E-state index in [1.807, 2.05) is 11.8 Å². The topological polar surface area (TPSA) is 47.0 Å². The van der Waals surface area contributed by atoms with Crippen LogP contribution in [-0.4, -0.2) is 42.8 Å². The summed E-state index contributed by atoms with van der Waals surface area (Å²) in [6.45, 7) is 2.73. The van der Waals surface area contributed by atoms with Crippen LogP contribution in [0.5, 0.6) is 0 Å². The fourth-order valence-corrected chi connectivity index (χ4v) is 4.32. The van der Waals surface area contributed by atoms with Crippen molar-refractivity contribution in [2.75, 3.05) is 32.6 Å². The highest BCUT2D eigenvalue weighted by molar-refractivity contribution is 7.99. The minimum absolute atomic E-state index is 0.621. The molecule has 1 atom stereocenters. The van der Waals surface area contributed by atoms with E-state index in [1.54, 1.807) is 18.4 Å². The van der Waals surface area contributed by atoms with Crippen molar-refractivity contribution < 1.29 is 4.74 Å². The van der Waals surface area contributed by atoms with Gasteiger partial charge in [-0.05, 0) is 31.6 Å². The van der Waals surface area contributed by atoms with Crippen LogP contribution in [0.1, 0.15) is 34.5 Å². The summed E-state index contributed by atoms with van der Waals surface area (Å²) in [5, 5.41) is 15.0. The third-order valence-electron chi connectivity index (χ3n) is 2.91. The number of ether oxygens (including phenoxy) is 1. The lowest BCUT2D eigenvalue weighted by atomic mass is 10.3. The largest absolute Gasteiger partial charge is 0.383 e. The molecule has 1 saturated heterocycles. The van der Waals surface area contributed by atoms with Gasteiger partial charge in [0, 0.05) is 20.1 Å². The standard InChI is InChI=1S/C12H21N3OS2/c1-16-8-7-13-6-2-5-11-14-15-12(18-11)10-4-3-9-17-10/h10,13H,2-9H2,1H3. The second-order valence-electron chi connectivity index (χ2n) is 4.38. The Labute approximate surface area is 117 Å². The molecule has 1 unspecified atom stereocenters. The first-order valence-electron chi connectivity index (χ1n) is 6.53. The molecular formula is C12H21N3OS2. The predicted octanol–water partition coefficient (Wildman–Crippen LogP) is 2.27. The van der Waals surface area contributed by atoms with Crippen molar-refractivity contribution in [1.82, 2.24) is 15.5 Å². The van der Waals surface area contributed by atoms with Gasteiger partial charge >= 0.3 is 0 Å². The molecule has 0 aromatic carbocycles. The zero-order valence-corrected chi connectivity index (χ0v) is 12.5. The van der Waals surface area contributed by atoms with Gasteiger partial charge in [0.2, 0.25) is 0 Å². The molecular weight excluding hydrogens is 266 g/mol. The van der Waals surface area contributed by atoms with Gasteiger partial charge in [-0.25, -0.2) is 0 Å². The van der Waals surface area contributed by atoms with E-state index in [0.717, 1.165) is 32.5 Å². The Morgan fingerprint density at radius 2 is 2.33 bits per heavy atom. The van der Waals surface area contributed by atoms with Crippen molar-refractivity contribution in [3.05, 3.63) is 10.0 Å². The lowest BCUT2D eigenvalue weighted by Gasteiger charge is -2.02. The molecule has 0 saturated carbocycles. The van der Waals surface area contributed by atoms with Crippen LogP contribution in [-0.2, 0) is 11.2 Å². The van der Waals surface area contributed by atoms with Crippen molar-refractivity contribution in [3.8, 4) is 0 Å². The van der Waals surface area contributed by atoms with Crippen LogP contribution in [0.15, 0.2) is 0 Å². The minimum Gasteiger partial charge on any atom is -0.383 e. The first kappa shape index (κ1) is 14.2. The number of nitrogens with one attached hydrogen (secondary N) is 1. The summed E-state index contributed by atoms with van der Waals surface area (Å²) >= 11 is 3.83. The summed E-state index contributed by atoms with van der Waals surface area (Å²) in [6, 6.07) is 0. The van der Waals surface area contributed by atoms with E-state index in [4.69, 9.17) is 4.74 Å². The zero-order chi connectivity index (χ0) is 12.6. The van der Waals surface area contributed by atoms with Gasteiger partial charge in [-0.1, -0.05) is 0 Å². The lowest BCUT2D eigenvalue weighted by molar-refractivity contribution is 0.199. The van der Waals surface area contributed by atoms with Crippen LogP contribution in [0, 0.1) is 0 Å². The van der Waals surface area contributed by atoms with E-state index in [-0.39, 0.29) is 0 Å². The van der Waals surface area contributed by atoms with Gasteiger partial charge in [-0.3, -0.25) is 0 Å². The summed E-state index contributed by atoms with van der Waals surface area (Å²) in [5.41, 5.74) is 0. The quantitative estimate of drug-likeness (QED) is 0.743. The molecule has 1 aromatic rings. The van der Waals surface area contributed by atoms with Crippen LogP contribution < -0.4 is 5.32 Å². The van der Waals surface area contributed by atoms with E-state index in [9.17, 15) is 0 Å². The minimum atomic E-state index is 0.621. The molecule has 6 heteroatoms. The number of aromatic nitrogens is 2. The Morgan fingerprint density at radius 1 is 1.39 bits per heavy atom. The Morgan fingerprint density at radius 3 is 3.11 bits per heavy atom. The number of thioether (sulfide) groups is 1. The van der Waals surface area contributed by atoms with Gasteiger partial charge in [-0.2, -0.15) is 11.8 Å². The van der Waals surface area contributed by atoms with E-state index in [0.29, 0.717) is 5.25 Å². The predicted molar refractivity (Wildman–Crippen MR) is 77.4 cm³/mol. The van der Waals surface area contributed by atoms with Gasteiger partial charge in [-0.15, -0.1) is 21.5 Å². The van der Waals surface area contributed by atoms with E-state index in [1.165, 1.54) is 28.6 Å². The Hall–Kier alpha value is -0.170. The molecule has 0 radical (unpaired) electrons. The van der Waals surface area contributed by atoms with Crippen molar-refractivity contribution in [2.24, 2.45) is 0 Å². The first-order valence-corrected chi connectivity index (χ1v) is 8.40. The molecule has 0 bridgehead atoms. The molecule has 0 amide bonds. The number of hydrogen-bond acceptors (Lipinski definition) is 6. The number of methoxy groups -OCH3 is 1. The number of nitrogens with zero attached hydrogens (tertiary/aromatic N) is 2. The fraction of sp³-hybridized carbons (Fsp3) is 0.833. The number of rotatable bonds is 8. The average Bonchev–Trinajstić information content (AvgIpc) is 3.03. The third kappa shape index (κ3) is 4.50. The molecule has 0 aliphatic carbocycles. The zero-order valence-electron chi connectivity index (χ0n) is 10.9. The molecule has 1 aliphatic heterocycles. The molecule has 0 spiro atoms. The third-order valence-corrected chi connectivity index (χ3v) is 5.55. The van der Waals surface area contributed by atoms with E-state index >= 15 is 0 Å². The first-order chi connectivity index (χ1) is 8.90. The van der Waals surface area contributed by atoms with Crippen LogP contribution in [0.3, 0.4) is 0 Å². The fourth-order valence-electron chi connectivity index (χ4n) is 1.93. The highest BCUT2D eigenvalue weighted by Gasteiger charge is 2.21. The molecule has 2 rings (SSSR count). The summed E-state index contributed by atoms with van der Waals surface area (Å²) in [5.74, 6) is 1.28. The number of aryl methyl sites for hydroxylation is 1. The summed E-state index contributed by atoms with van der Waals surface area (Å²) in [4.78, 5) is 0. The Balaban J connectivity index is 1.64. The molecule has 2 heterocycles. The monoisotopic (exact) mass is 287 g/mol. The second kappa shape index (κ2) is 8.09. The number of hydrogen-bond donors (Lipinski definition) is 1. The van der Waals surface area contributed by atoms with Gasteiger partial charge in [0.25, 0.3) is 0 Å². The van der Waals surface area contributed by atoms with Crippen LogP contribution >= 0.6 is 23.1 Å². The SMILES string of the molecule is COCCNCCCc1nnc(C2CCCS2)s1. The highest BCUT2D eigenvalue weighted by Crippen LogP contribution is 2.40. The van der Waals surface area contributed by atoms with Crippen molar-refractivity contribution in [1.29, 1.82) is 0 Å². The smallest absolute Gasteiger partial charge is 0.130 e. The van der Waals surface area contributed by atoms with Gasteiger partial charge in [0.15, 0.2) is 0 Å². The second-order valence-corrected chi connectivity index (χ2v) is 6.79. The normalized spacial score (nSPS) is 19.5. The molecule has 4 nitrogen and oxygen atoms in total. The van der Waals surface area contributed by atoms with Crippen molar-refractivity contribution >= 4 is 23.1 Å². The molecule has 102 valence electrons.